The fourth-order valence-electron chi connectivity index (χ4n) is 1.47. The Kier molecular flexibility index (Phi) is 6.80. The van der Waals surface area contributed by atoms with Crippen LogP contribution in [0.1, 0.15) is 34.1 Å². The highest BCUT2D eigenvalue weighted by atomic mass is 35.7. The maximum absolute atomic E-state index is 10.8. The Balaban J connectivity index is 3.97. The largest absolute Gasteiger partial charge is 0.301 e. The first-order chi connectivity index (χ1) is 6.72. The smallest absolute Gasteiger partial charge is 0.232 e. The van der Waals surface area contributed by atoms with Crippen LogP contribution in [0.25, 0.3) is 0 Å². The van der Waals surface area contributed by atoms with E-state index in [4.69, 9.17) is 10.7 Å². The molecular formula is C10H22ClNO2S. The molecule has 0 spiro atoms. The summed E-state index contributed by atoms with van der Waals surface area (Å²) in [7, 11) is 1.83. The minimum Gasteiger partial charge on any atom is -0.301 e. The summed E-state index contributed by atoms with van der Waals surface area (Å²) >= 11 is 0. The molecule has 0 aromatic rings. The maximum Gasteiger partial charge on any atom is 0.232 e. The van der Waals surface area contributed by atoms with Gasteiger partial charge in [-0.25, -0.2) is 8.42 Å². The number of rotatable bonds is 7. The standard InChI is InChI=1S/C10H22ClNO2S/c1-9(2)8-12(10(3)4)6-5-7-15(11,13)14/h9-10H,5-8H2,1-4H3. The summed E-state index contributed by atoms with van der Waals surface area (Å²) < 4.78 is 21.5. The maximum atomic E-state index is 10.8. The summed E-state index contributed by atoms with van der Waals surface area (Å²) in [6.07, 6.45) is 0.608. The third-order valence-corrected chi connectivity index (χ3v) is 3.40. The van der Waals surface area contributed by atoms with Crippen LogP contribution in [0.2, 0.25) is 0 Å². The topological polar surface area (TPSA) is 37.4 Å². The van der Waals surface area contributed by atoms with Crippen LogP contribution >= 0.6 is 10.7 Å². The quantitative estimate of drug-likeness (QED) is 0.656. The Bertz CT molecular complexity index is 263. The van der Waals surface area contributed by atoms with E-state index in [0.29, 0.717) is 18.4 Å². The molecule has 0 unspecified atom stereocenters. The van der Waals surface area contributed by atoms with Crippen LogP contribution in [0.15, 0.2) is 0 Å². The normalized spacial score (nSPS) is 13.1. The summed E-state index contributed by atoms with van der Waals surface area (Å²) in [6, 6.07) is 0.449. The highest BCUT2D eigenvalue weighted by molar-refractivity contribution is 8.13. The van der Waals surface area contributed by atoms with Crippen LogP contribution in [-0.4, -0.2) is 38.2 Å². The number of hydrogen-bond donors (Lipinski definition) is 0. The lowest BCUT2D eigenvalue weighted by atomic mass is 10.1. The molecule has 0 aromatic heterocycles. The highest BCUT2D eigenvalue weighted by Crippen LogP contribution is 2.07. The molecule has 0 aliphatic rings. The Hall–Kier alpha value is 0.200. The molecule has 92 valence electrons. The van der Waals surface area contributed by atoms with E-state index in [-0.39, 0.29) is 5.75 Å². The van der Waals surface area contributed by atoms with E-state index in [1.165, 1.54) is 0 Å². The molecular weight excluding hydrogens is 234 g/mol. The van der Waals surface area contributed by atoms with Crippen LogP contribution in [-0.2, 0) is 9.05 Å². The molecule has 0 aliphatic carbocycles. The van der Waals surface area contributed by atoms with Crippen molar-refractivity contribution in [3.05, 3.63) is 0 Å². The van der Waals surface area contributed by atoms with Gasteiger partial charge in [0.25, 0.3) is 0 Å². The molecule has 0 N–H and O–H groups in total. The van der Waals surface area contributed by atoms with Gasteiger partial charge < -0.3 is 4.90 Å². The Morgan fingerprint density at radius 2 is 1.73 bits per heavy atom. The number of nitrogens with zero attached hydrogens (tertiary/aromatic N) is 1. The zero-order chi connectivity index (χ0) is 12.1. The fraction of sp³-hybridized carbons (Fsp3) is 1.00. The van der Waals surface area contributed by atoms with Crippen LogP contribution in [0.5, 0.6) is 0 Å². The number of halogens is 1. The zero-order valence-corrected chi connectivity index (χ0v) is 11.6. The van der Waals surface area contributed by atoms with E-state index in [9.17, 15) is 8.42 Å². The molecule has 0 aliphatic heterocycles. The van der Waals surface area contributed by atoms with E-state index < -0.39 is 9.05 Å². The molecule has 0 fully saturated rings. The fourth-order valence-corrected chi connectivity index (χ4v) is 2.27. The predicted octanol–water partition coefficient (Wildman–Crippen LogP) is 2.31. The van der Waals surface area contributed by atoms with Gasteiger partial charge in [-0.2, -0.15) is 0 Å². The lowest BCUT2D eigenvalue weighted by molar-refractivity contribution is 0.198. The van der Waals surface area contributed by atoms with Crippen LogP contribution < -0.4 is 0 Å². The SMILES string of the molecule is CC(C)CN(CCCS(=O)(=O)Cl)C(C)C. The van der Waals surface area contributed by atoms with E-state index in [0.717, 1.165) is 13.1 Å². The number of hydrogen-bond acceptors (Lipinski definition) is 3. The average Bonchev–Trinajstić information content (AvgIpc) is 1.99. The second-order valence-corrected chi connectivity index (χ2v) is 7.48. The van der Waals surface area contributed by atoms with Crippen molar-refractivity contribution in [1.82, 2.24) is 4.90 Å². The molecule has 0 atom stereocenters. The van der Waals surface area contributed by atoms with Gasteiger partial charge in [-0.1, -0.05) is 13.8 Å². The average molecular weight is 256 g/mol. The van der Waals surface area contributed by atoms with Crippen LogP contribution in [0.3, 0.4) is 0 Å². The van der Waals surface area contributed by atoms with Gasteiger partial charge in [-0.3, -0.25) is 0 Å². The van der Waals surface area contributed by atoms with Crippen molar-refractivity contribution in [2.45, 2.75) is 40.2 Å². The molecule has 0 bridgehead atoms. The monoisotopic (exact) mass is 255 g/mol. The summed E-state index contributed by atoms with van der Waals surface area (Å²) in [5.74, 6) is 0.663. The zero-order valence-electron chi connectivity index (χ0n) is 10.0. The predicted molar refractivity (Wildman–Crippen MR) is 65.8 cm³/mol. The molecule has 0 aromatic carbocycles. The van der Waals surface area contributed by atoms with Crippen molar-refractivity contribution >= 4 is 19.7 Å². The molecule has 5 heteroatoms. The molecule has 0 heterocycles. The molecule has 0 radical (unpaired) electrons. The minimum absolute atomic E-state index is 0.0653. The summed E-state index contributed by atoms with van der Waals surface area (Å²) in [6.45, 7) is 10.4. The van der Waals surface area contributed by atoms with Crippen molar-refractivity contribution in [2.24, 2.45) is 5.92 Å². The van der Waals surface area contributed by atoms with Crippen molar-refractivity contribution in [3.8, 4) is 0 Å². The molecule has 0 amide bonds. The minimum atomic E-state index is -3.33. The second-order valence-electron chi connectivity index (χ2n) is 4.58. The lowest BCUT2D eigenvalue weighted by Crippen LogP contribution is -2.35. The summed E-state index contributed by atoms with van der Waals surface area (Å²) in [4.78, 5) is 2.28. The van der Waals surface area contributed by atoms with E-state index in [1.807, 2.05) is 0 Å². The first-order valence-corrected chi connectivity index (χ1v) is 7.86. The lowest BCUT2D eigenvalue weighted by Gasteiger charge is -2.27. The van der Waals surface area contributed by atoms with Gasteiger partial charge in [0.15, 0.2) is 0 Å². The van der Waals surface area contributed by atoms with Crippen LogP contribution in [0.4, 0.5) is 0 Å². The molecule has 15 heavy (non-hydrogen) atoms. The van der Waals surface area contributed by atoms with Crippen molar-refractivity contribution < 1.29 is 8.42 Å². The van der Waals surface area contributed by atoms with E-state index in [1.54, 1.807) is 0 Å². The van der Waals surface area contributed by atoms with Gasteiger partial charge in [0.2, 0.25) is 9.05 Å². The Labute approximate surface area is 98.2 Å². The molecule has 0 saturated carbocycles. The van der Waals surface area contributed by atoms with Gasteiger partial charge in [-0.15, -0.1) is 0 Å². The summed E-state index contributed by atoms with van der Waals surface area (Å²) in [5, 5.41) is 0. The third kappa shape index (κ3) is 9.15. The van der Waals surface area contributed by atoms with E-state index in [2.05, 4.69) is 32.6 Å². The highest BCUT2D eigenvalue weighted by Gasteiger charge is 2.12. The molecule has 0 rings (SSSR count). The first-order valence-electron chi connectivity index (χ1n) is 5.38. The summed E-state index contributed by atoms with van der Waals surface area (Å²) in [5.41, 5.74) is 0. The second kappa shape index (κ2) is 6.71. The van der Waals surface area contributed by atoms with Crippen molar-refractivity contribution in [3.63, 3.8) is 0 Å². The Morgan fingerprint density at radius 1 is 1.20 bits per heavy atom. The van der Waals surface area contributed by atoms with Gasteiger partial charge >= 0.3 is 0 Å². The first kappa shape index (κ1) is 15.2. The molecule has 3 nitrogen and oxygen atoms in total. The Morgan fingerprint density at radius 3 is 2.07 bits per heavy atom. The van der Waals surface area contributed by atoms with Gasteiger partial charge in [0.05, 0.1) is 5.75 Å². The van der Waals surface area contributed by atoms with Crippen molar-refractivity contribution in [2.75, 3.05) is 18.8 Å². The molecule has 0 saturated heterocycles. The third-order valence-electron chi connectivity index (χ3n) is 2.16. The van der Waals surface area contributed by atoms with Crippen LogP contribution in [0, 0.1) is 5.92 Å². The van der Waals surface area contributed by atoms with Gasteiger partial charge in [0, 0.05) is 23.3 Å². The van der Waals surface area contributed by atoms with Crippen molar-refractivity contribution in [1.29, 1.82) is 0 Å². The van der Waals surface area contributed by atoms with Gasteiger partial charge in [0.1, 0.15) is 0 Å². The van der Waals surface area contributed by atoms with E-state index >= 15 is 0 Å². The van der Waals surface area contributed by atoms with Gasteiger partial charge in [-0.05, 0) is 32.7 Å².